The molecule has 6 heteroatoms. The Bertz CT molecular complexity index is 810. The van der Waals surface area contributed by atoms with Crippen molar-refractivity contribution in [2.45, 2.75) is 39.7 Å². The van der Waals surface area contributed by atoms with Crippen LogP contribution in [-0.4, -0.2) is 37.5 Å². The summed E-state index contributed by atoms with van der Waals surface area (Å²) in [5.41, 5.74) is 2.12. The van der Waals surface area contributed by atoms with Gasteiger partial charge in [0.2, 0.25) is 0 Å². The maximum absolute atomic E-state index is 11.9. The highest BCUT2D eigenvalue weighted by Gasteiger charge is 2.07. The van der Waals surface area contributed by atoms with Gasteiger partial charge in [-0.2, -0.15) is 0 Å². The summed E-state index contributed by atoms with van der Waals surface area (Å²) >= 11 is 0. The lowest BCUT2D eigenvalue weighted by Crippen LogP contribution is -2.18. The molecule has 6 nitrogen and oxygen atoms in total. The van der Waals surface area contributed by atoms with E-state index in [2.05, 4.69) is 4.99 Å². The van der Waals surface area contributed by atoms with Crippen molar-refractivity contribution in [1.29, 1.82) is 0 Å². The van der Waals surface area contributed by atoms with Crippen LogP contribution in [0.2, 0.25) is 0 Å². The molecule has 0 N–H and O–H groups in total. The largest absolute Gasteiger partial charge is 0.482 e. The molecule has 0 aliphatic heterocycles. The topological polar surface area (TPSA) is 74.2 Å². The minimum absolute atomic E-state index is 0.126. The minimum atomic E-state index is -0.400. The molecular weight excluding hydrogens is 370 g/mol. The summed E-state index contributed by atoms with van der Waals surface area (Å²) < 4.78 is 15.6. The molecular formula is C23H27NO5. The number of ether oxygens (including phenoxy) is 3. The number of benzene rings is 2. The Balaban J connectivity index is 1.86. The average Bonchev–Trinajstić information content (AvgIpc) is 2.71. The molecule has 0 bridgehead atoms. The fraction of sp³-hybridized carbons (Fsp3) is 0.348. The predicted molar refractivity (Wildman–Crippen MR) is 112 cm³/mol. The number of hydrogen-bond acceptors (Lipinski definition) is 6. The van der Waals surface area contributed by atoms with Gasteiger partial charge < -0.3 is 14.2 Å². The van der Waals surface area contributed by atoms with Crippen LogP contribution in [0, 0.1) is 0 Å². The Labute approximate surface area is 171 Å². The maximum atomic E-state index is 11.9. The van der Waals surface area contributed by atoms with Crippen LogP contribution in [0.25, 0.3) is 0 Å². The Morgan fingerprint density at radius 1 is 1.03 bits per heavy atom. The second-order valence-corrected chi connectivity index (χ2v) is 6.69. The number of esters is 2. The second-order valence-electron chi connectivity index (χ2n) is 6.69. The first-order valence-electron chi connectivity index (χ1n) is 9.71. The van der Waals surface area contributed by atoms with Gasteiger partial charge in [0.15, 0.2) is 6.61 Å². The molecule has 0 saturated carbocycles. The van der Waals surface area contributed by atoms with E-state index in [0.717, 1.165) is 24.1 Å². The van der Waals surface area contributed by atoms with Crippen LogP contribution >= 0.6 is 0 Å². The molecule has 2 aromatic rings. The molecule has 0 radical (unpaired) electrons. The Hall–Kier alpha value is -3.15. The molecule has 0 amide bonds. The Morgan fingerprint density at radius 2 is 1.72 bits per heavy atom. The van der Waals surface area contributed by atoms with Gasteiger partial charge in [0.25, 0.3) is 0 Å². The van der Waals surface area contributed by atoms with Crippen molar-refractivity contribution in [1.82, 2.24) is 0 Å². The van der Waals surface area contributed by atoms with Crippen molar-refractivity contribution >= 4 is 23.8 Å². The molecule has 0 aromatic heterocycles. The van der Waals surface area contributed by atoms with Gasteiger partial charge in [-0.3, -0.25) is 4.99 Å². The predicted octanol–water partition coefficient (Wildman–Crippen LogP) is 4.72. The van der Waals surface area contributed by atoms with Crippen molar-refractivity contribution < 1.29 is 23.8 Å². The summed E-state index contributed by atoms with van der Waals surface area (Å²) in [6.07, 6.45) is 3.40. The van der Waals surface area contributed by atoms with E-state index < -0.39 is 5.97 Å². The molecule has 2 aromatic carbocycles. The van der Waals surface area contributed by atoms with Crippen LogP contribution in [0.4, 0.5) is 5.69 Å². The van der Waals surface area contributed by atoms with E-state index in [1.165, 1.54) is 0 Å². The quantitative estimate of drug-likeness (QED) is 0.329. The molecule has 0 heterocycles. The highest BCUT2D eigenvalue weighted by atomic mass is 16.6. The molecule has 0 spiro atoms. The number of hydrogen-bond donors (Lipinski definition) is 0. The molecule has 0 fully saturated rings. The van der Waals surface area contributed by atoms with Gasteiger partial charge in [-0.15, -0.1) is 0 Å². The molecule has 0 aliphatic carbocycles. The van der Waals surface area contributed by atoms with Gasteiger partial charge in [-0.1, -0.05) is 13.3 Å². The van der Waals surface area contributed by atoms with E-state index in [-0.39, 0.29) is 18.7 Å². The summed E-state index contributed by atoms with van der Waals surface area (Å²) in [6.45, 7) is 5.94. The molecule has 154 valence electrons. The van der Waals surface area contributed by atoms with E-state index in [9.17, 15) is 9.59 Å². The van der Waals surface area contributed by atoms with E-state index in [0.29, 0.717) is 17.9 Å². The van der Waals surface area contributed by atoms with Crippen LogP contribution in [0.3, 0.4) is 0 Å². The van der Waals surface area contributed by atoms with Crippen LogP contribution in [-0.2, 0) is 14.3 Å². The van der Waals surface area contributed by atoms with Gasteiger partial charge >= 0.3 is 11.9 Å². The number of carbonyl (C=O) groups is 2. The van der Waals surface area contributed by atoms with Gasteiger partial charge in [0.1, 0.15) is 5.75 Å². The highest BCUT2D eigenvalue weighted by molar-refractivity contribution is 5.90. The van der Waals surface area contributed by atoms with Crippen LogP contribution in [0.1, 0.15) is 49.5 Å². The lowest BCUT2D eigenvalue weighted by atomic mass is 10.2. The molecule has 29 heavy (non-hydrogen) atoms. The van der Waals surface area contributed by atoms with Crippen molar-refractivity contribution in [3.8, 4) is 5.75 Å². The van der Waals surface area contributed by atoms with Gasteiger partial charge in [-0.25, -0.2) is 9.59 Å². The van der Waals surface area contributed by atoms with Gasteiger partial charge in [0.05, 0.1) is 24.0 Å². The second kappa shape index (κ2) is 11.6. The number of carbonyl (C=O) groups excluding carboxylic acids is 2. The van der Waals surface area contributed by atoms with E-state index in [1.807, 2.05) is 19.1 Å². The van der Waals surface area contributed by atoms with Crippen molar-refractivity contribution in [3.63, 3.8) is 0 Å². The molecule has 2 rings (SSSR count). The van der Waals surface area contributed by atoms with E-state index >= 15 is 0 Å². The Kier molecular flexibility index (Phi) is 8.89. The average molecular weight is 397 g/mol. The first-order chi connectivity index (χ1) is 14.0. The summed E-state index contributed by atoms with van der Waals surface area (Å²) in [4.78, 5) is 27.8. The van der Waals surface area contributed by atoms with Gasteiger partial charge in [-0.05, 0) is 74.4 Å². The first kappa shape index (κ1) is 22.1. The highest BCUT2D eigenvalue weighted by Crippen LogP contribution is 2.16. The normalized spacial score (nSPS) is 10.9. The molecule has 0 saturated heterocycles. The fourth-order valence-electron chi connectivity index (χ4n) is 2.31. The van der Waals surface area contributed by atoms with Crippen LogP contribution in [0.5, 0.6) is 5.75 Å². The smallest absolute Gasteiger partial charge is 0.344 e. The van der Waals surface area contributed by atoms with Crippen molar-refractivity contribution in [3.05, 3.63) is 59.7 Å². The number of unbranched alkanes of at least 4 members (excludes halogenated alkanes) is 1. The monoisotopic (exact) mass is 397 g/mol. The van der Waals surface area contributed by atoms with Gasteiger partial charge in [0, 0.05) is 6.21 Å². The minimum Gasteiger partial charge on any atom is -0.482 e. The zero-order valence-corrected chi connectivity index (χ0v) is 17.1. The number of rotatable bonds is 10. The van der Waals surface area contributed by atoms with Crippen molar-refractivity contribution in [2.24, 2.45) is 4.99 Å². The van der Waals surface area contributed by atoms with Crippen LogP contribution < -0.4 is 4.74 Å². The summed E-state index contributed by atoms with van der Waals surface area (Å²) in [6, 6.07) is 14.1. The summed E-state index contributed by atoms with van der Waals surface area (Å²) in [5.74, 6) is -0.140. The molecule has 0 aliphatic rings. The standard InChI is InChI=1S/C23H27NO5/c1-4-5-14-27-23(26)19-8-10-20(11-9-19)24-15-18-6-12-21(13-7-18)28-16-22(25)29-17(2)3/h6-13,15,17H,4-5,14,16H2,1-3H3. The zero-order chi connectivity index (χ0) is 21.1. The van der Waals surface area contributed by atoms with E-state index in [4.69, 9.17) is 14.2 Å². The summed E-state index contributed by atoms with van der Waals surface area (Å²) in [5, 5.41) is 0. The van der Waals surface area contributed by atoms with Crippen molar-refractivity contribution in [2.75, 3.05) is 13.2 Å². The fourth-order valence-corrected chi connectivity index (χ4v) is 2.31. The van der Waals surface area contributed by atoms with E-state index in [1.54, 1.807) is 56.5 Å². The zero-order valence-electron chi connectivity index (χ0n) is 17.1. The lowest BCUT2D eigenvalue weighted by Gasteiger charge is -2.09. The van der Waals surface area contributed by atoms with Crippen LogP contribution in [0.15, 0.2) is 53.5 Å². The maximum Gasteiger partial charge on any atom is 0.344 e. The third kappa shape index (κ3) is 8.17. The Morgan fingerprint density at radius 3 is 2.34 bits per heavy atom. The summed E-state index contributed by atoms with van der Waals surface area (Å²) in [7, 11) is 0. The third-order valence-corrected chi connectivity index (χ3v) is 3.80. The molecule has 0 unspecified atom stereocenters. The number of nitrogens with zero attached hydrogens (tertiary/aromatic N) is 1. The lowest BCUT2D eigenvalue weighted by molar-refractivity contribution is -0.149. The third-order valence-electron chi connectivity index (χ3n) is 3.80. The first-order valence-corrected chi connectivity index (χ1v) is 9.71. The SMILES string of the molecule is CCCCOC(=O)c1ccc(N=Cc2ccc(OCC(=O)OC(C)C)cc2)cc1. The number of aliphatic imine (C=N–C) groups is 1. The molecule has 0 atom stereocenters.